The van der Waals surface area contributed by atoms with Crippen molar-refractivity contribution in [2.24, 2.45) is 5.73 Å². The van der Waals surface area contributed by atoms with Crippen LogP contribution in [0.2, 0.25) is 0 Å². The standard InChI is InChI=1S/C13H20N4O/c1-9(14)10-4-5-11(16-8-10)17-7-6-15-12(18)13(17,2)3/h4-5,8-9H,6-7,14H2,1-3H3,(H,15,18)/t9-/m0/s1. The molecule has 0 spiro atoms. The average Bonchev–Trinajstić information content (AvgIpc) is 2.33. The molecule has 0 aromatic carbocycles. The number of anilines is 1. The number of nitrogens with two attached hydrogens (primary N) is 1. The molecule has 1 atom stereocenters. The van der Waals surface area contributed by atoms with Gasteiger partial charge in [0, 0.05) is 25.3 Å². The van der Waals surface area contributed by atoms with Crippen molar-refractivity contribution in [2.45, 2.75) is 32.4 Å². The Kier molecular flexibility index (Phi) is 3.26. The zero-order valence-corrected chi connectivity index (χ0v) is 11.1. The van der Waals surface area contributed by atoms with E-state index in [2.05, 4.69) is 10.3 Å². The molecule has 5 nitrogen and oxygen atoms in total. The summed E-state index contributed by atoms with van der Waals surface area (Å²) in [6.07, 6.45) is 1.78. The highest BCUT2D eigenvalue weighted by Crippen LogP contribution is 2.24. The number of pyridine rings is 1. The lowest BCUT2D eigenvalue weighted by atomic mass is 9.99. The Morgan fingerprint density at radius 3 is 2.78 bits per heavy atom. The second kappa shape index (κ2) is 4.57. The minimum atomic E-state index is -0.568. The van der Waals surface area contributed by atoms with Gasteiger partial charge in [-0.2, -0.15) is 0 Å². The largest absolute Gasteiger partial charge is 0.352 e. The molecule has 0 radical (unpaired) electrons. The van der Waals surface area contributed by atoms with Gasteiger partial charge in [-0.25, -0.2) is 4.98 Å². The number of carbonyl (C=O) groups is 1. The highest BCUT2D eigenvalue weighted by molar-refractivity contribution is 5.90. The minimum absolute atomic E-state index is 0.0239. The van der Waals surface area contributed by atoms with Gasteiger partial charge in [0.1, 0.15) is 11.4 Å². The molecule has 1 aliphatic rings. The first kappa shape index (κ1) is 12.8. The zero-order chi connectivity index (χ0) is 13.3. The van der Waals surface area contributed by atoms with Crippen LogP contribution < -0.4 is 16.0 Å². The summed E-state index contributed by atoms with van der Waals surface area (Å²) in [6, 6.07) is 3.87. The Bertz CT molecular complexity index is 439. The second-order valence-corrected chi connectivity index (χ2v) is 5.20. The summed E-state index contributed by atoms with van der Waals surface area (Å²) in [5.41, 5.74) is 6.23. The van der Waals surface area contributed by atoms with Gasteiger partial charge in [-0.05, 0) is 32.4 Å². The van der Waals surface area contributed by atoms with Gasteiger partial charge in [0.2, 0.25) is 5.91 Å². The highest BCUT2D eigenvalue weighted by atomic mass is 16.2. The van der Waals surface area contributed by atoms with E-state index in [4.69, 9.17) is 5.73 Å². The number of piperazine rings is 1. The van der Waals surface area contributed by atoms with Gasteiger partial charge >= 0.3 is 0 Å². The van der Waals surface area contributed by atoms with Crippen LogP contribution in [0.15, 0.2) is 18.3 Å². The lowest BCUT2D eigenvalue weighted by Gasteiger charge is -2.42. The third kappa shape index (κ3) is 2.18. The first-order chi connectivity index (χ1) is 8.43. The van der Waals surface area contributed by atoms with Crippen molar-refractivity contribution in [2.75, 3.05) is 18.0 Å². The first-order valence-electron chi connectivity index (χ1n) is 6.20. The molecule has 0 unspecified atom stereocenters. The maximum Gasteiger partial charge on any atom is 0.245 e. The van der Waals surface area contributed by atoms with Crippen molar-refractivity contribution in [3.63, 3.8) is 0 Å². The molecule has 0 bridgehead atoms. The average molecular weight is 248 g/mol. The fraction of sp³-hybridized carbons (Fsp3) is 0.538. The monoisotopic (exact) mass is 248 g/mol. The molecule has 2 heterocycles. The van der Waals surface area contributed by atoms with E-state index < -0.39 is 5.54 Å². The molecule has 1 aliphatic heterocycles. The van der Waals surface area contributed by atoms with Crippen LogP contribution in [0.5, 0.6) is 0 Å². The summed E-state index contributed by atoms with van der Waals surface area (Å²) in [4.78, 5) is 18.3. The maximum absolute atomic E-state index is 11.9. The molecule has 1 saturated heterocycles. The molecule has 1 aromatic heterocycles. The summed E-state index contributed by atoms with van der Waals surface area (Å²) >= 11 is 0. The van der Waals surface area contributed by atoms with Crippen molar-refractivity contribution in [3.8, 4) is 0 Å². The predicted octanol–water partition coefficient (Wildman–Crippen LogP) is 0.816. The fourth-order valence-corrected chi connectivity index (χ4v) is 2.13. The summed E-state index contributed by atoms with van der Waals surface area (Å²) < 4.78 is 0. The lowest BCUT2D eigenvalue weighted by molar-refractivity contribution is -0.126. The molecule has 0 aliphatic carbocycles. The van der Waals surface area contributed by atoms with E-state index in [0.717, 1.165) is 17.9 Å². The summed E-state index contributed by atoms with van der Waals surface area (Å²) in [6.45, 7) is 7.16. The van der Waals surface area contributed by atoms with Crippen LogP contribution in [0.1, 0.15) is 32.4 Å². The minimum Gasteiger partial charge on any atom is -0.352 e. The Morgan fingerprint density at radius 1 is 1.50 bits per heavy atom. The van der Waals surface area contributed by atoms with Crippen LogP contribution in [-0.2, 0) is 4.79 Å². The predicted molar refractivity (Wildman–Crippen MR) is 71.3 cm³/mol. The van der Waals surface area contributed by atoms with Gasteiger partial charge in [0.25, 0.3) is 0 Å². The highest BCUT2D eigenvalue weighted by Gasteiger charge is 2.38. The number of rotatable bonds is 2. The van der Waals surface area contributed by atoms with Gasteiger partial charge < -0.3 is 16.0 Å². The van der Waals surface area contributed by atoms with E-state index in [-0.39, 0.29) is 11.9 Å². The van der Waals surface area contributed by atoms with Crippen molar-refractivity contribution in [1.82, 2.24) is 10.3 Å². The third-order valence-corrected chi connectivity index (χ3v) is 3.42. The zero-order valence-electron chi connectivity index (χ0n) is 11.1. The quantitative estimate of drug-likeness (QED) is 0.812. The summed E-state index contributed by atoms with van der Waals surface area (Å²) in [5.74, 6) is 0.853. The number of aromatic nitrogens is 1. The van der Waals surface area contributed by atoms with E-state index in [1.807, 2.05) is 37.8 Å². The molecule has 1 fully saturated rings. The van der Waals surface area contributed by atoms with Crippen LogP contribution in [0, 0.1) is 0 Å². The van der Waals surface area contributed by atoms with Crippen molar-refractivity contribution >= 4 is 11.7 Å². The van der Waals surface area contributed by atoms with Gasteiger partial charge in [-0.3, -0.25) is 4.79 Å². The van der Waals surface area contributed by atoms with E-state index in [9.17, 15) is 4.79 Å². The van der Waals surface area contributed by atoms with Crippen molar-refractivity contribution in [3.05, 3.63) is 23.9 Å². The number of nitrogens with zero attached hydrogens (tertiary/aromatic N) is 2. The third-order valence-electron chi connectivity index (χ3n) is 3.42. The molecule has 3 N–H and O–H groups in total. The van der Waals surface area contributed by atoms with Crippen molar-refractivity contribution in [1.29, 1.82) is 0 Å². The first-order valence-corrected chi connectivity index (χ1v) is 6.20. The Hall–Kier alpha value is -1.62. The number of carbonyl (C=O) groups excluding carboxylic acids is 1. The number of nitrogens with one attached hydrogen (secondary N) is 1. The van der Waals surface area contributed by atoms with E-state index in [1.165, 1.54) is 0 Å². The van der Waals surface area contributed by atoms with E-state index in [1.54, 1.807) is 6.20 Å². The van der Waals surface area contributed by atoms with Crippen LogP contribution in [-0.4, -0.2) is 29.5 Å². The molecule has 1 aromatic rings. The van der Waals surface area contributed by atoms with Gasteiger partial charge in [-0.15, -0.1) is 0 Å². The van der Waals surface area contributed by atoms with E-state index in [0.29, 0.717) is 6.54 Å². The second-order valence-electron chi connectivity index (χ2n) is 5.20. The maximum atomic E-state index is 11.9. The Morgan fingerprint density at radius 2 is 2.22 bits per heavy atom. The Labute approximate surface area is 107 Å². The SMILES string of the molecule is C[C@H](N)c1ccc(N2CCNC(=O)C2(C)C)nc1. The lowest BCUT2D eigenvalue weighted by Crippen LogP contribution is -2.62. The van der Waals surface area contributed by atoms with Crippen LogP contribution in [0.25, 0.3) is 0 Å². The van der Waals surface area contributed by atoms with Crippen LogP contribution in [0.3, 0.4) is 0 Å². The number of amides is 1. The van der Waals surface area contributed by atoms with Crippen LogP contribution >= 0.6 is 0 Å². The molecule has 98 valence electrons. The molecule has 2 rings (SSSR count). The van der Waals surface area contributed by atoms with Gasteiger partial charge in [0.15, 0.2) is 0 Å². The van der Waals surface area contributed by atoms with Gasteiger partial charge in [-0.1, -0.05) is 6.07 Å². The smallest absolute Gasteiger partial charge is 0.245 e. The number of hydrogen-bond acceptors (Lipinski definition) is 4. The number of hydrogen-bond donors (Lipinski definition) is 2. The molecular formula is C13H20N4O. The van der Waals surface area contributed by atoms with Crippen LogP contribution in [0.4, 0.5) is 5.82 Å². The summed E-state index contributed by atoms with van der Waals surface area (Å²) in [7, 11) is 0. The molecule has 0 saturated carbocycles. The summed E-state index contributed by atoms with van der Waals surface area (Å²) in [5, 5.41) is 2.87. The van der Waals surface area contributed by atoms with Gasteiger partial charge in [0.05, 0.1) is 0 Å². The molecular weight excluding hydrogens is 228 g/mol. The van der Waals surface area contributed by atoms with Crippen molar-refractivity contribution < 1.29 is 4.79 Å². The topological polar surface area (TPSA) is 71.2 Å². The molecule has 18 heavy (non-hydrogen) atoms. The Balaban J connectivity index is 2.27. The van der Waals surface area contributed by atoms with E-state index >= 15 is 0 Å². The molecule has 1 amide bonds. The normalized spacial score (nSPS) is 20.4. The molecule has 5 heteroatoms. The fourth-order valence-electron chi connectivity index (χ4n) is 2.13.